The van der Waals surface area contributed by atoms with E-state index in [1.165, 1.54) is 19.2 Å². The zero-order valence-corrected chi connectivity index (χ0v) is 17.6. The van der Waals surface area contributed by atoms with Crippen molar-refractivity contribution in [3.63, 3.8) is 0 Å². The smallest absolute Gasteiger partial charge is 0.290 e. The van der Waals surface area contributed by atoms with E-state index in [4.69, 9.17) is 20.4 Å². The van der Waals surface area contributed by atoms with Gasteiger partial charge in [0, 0.05) is 38.6 Å². The lowest BCUT2D eigenvalue weighted by Crippen LogP contribution is -2.39. The molecule has 32 heavy (non-hydrogen) atoms. The zero-order chi connectivity index (χ0) is 23.3. The monoisotopic (exact) mass is 444 g/mol. The van der Waals surface area contributed by atoms with E-state index in [2.05, 4.69) is 4.98 Å². The second kappa shape index (κ2) is 10.2. The highest BCUT2D eigenvalue weighted by Gasteiger charge is 2.50. The van der Waals surface area contributed by atoms with Gasteiger partial charge in [-0.05, 0) is 29.8 Å². The molecule has 0 spiro atoms. The van der Waals surface area contributed by atoms with Crippen molar-refractivity contribution in [2.75, 3.05) is 39.1 Å². The predicted molar refractivity (Wildman–Crippen MR) is 113 cm³/mol. The standard InChI is InChI=1S/C21H23FN4O3.CH2O2/c1-29-12-19(27)26-10-14-9-25(21(28)17-6-3-7-18(23)24-17)11-16(14)20(26)13-4-2-5-15(22)8-13;2-1-3/h2-8,14,16,20H,9-12H2,1H3,(H2,23,24);1H,(H,2,3)/t14-,16-,20+;/m1./s1. The number of nitrogens with two attached hydrogens (primary N) is 1. The summed E-state index contributed by atoms with van der Waals surface area (Å²) in [6.07, 6.45) is 0. The summed E-state index contributed by atoms with van der Waals surface area (Å²) in [4.78, 5) is 41.5. The summed E-state index contributed by atoms with van der Waals surface area (Å²) in [5.74, 6) is -0.244. The second-order valence-corrected chi connectivity index (χ2v) is 7.67. The molecule has 1 aromatic heterocycles. The highest BCUT2D eigenvalue weighted by molar-refractivity contribution is 5.93. The van der Waals surface area contributed by atoms with Gasteiger partial charge in [-0.1, -0.05) is 18.2 Å². The number of carbonyl (C=O) groups is 3. The molecule has 0 saturated carbocycles. The summed E-state index contributed by atoms with van der Waals surface area (Å²) in [5.41, 5.74) is 6.75. The average Bonchev–Trinajstić information content (AvgIpc) is 3.32. The molecule has 2 amide bonds. The van der Waals surface area contributed by atoms with Crippen LogP contribution in [0.5, 0.6) is 0 Å². The van der Waals surface area contributed by atoms with Crippen molar-refractivity contribution in [1.29, 1.82) is 0 Å². The Hall–Kier alpha value is -3.53. The summed E-state index contributed by atoms with van der Waals surface area (Å²) in [5, 5.41) is 6.89. The Balaban J connectivity index is 0.000000913. The first-order valence-electron chi connectivity index (χ1n) is 10.0. The van der Waals surface area contributed by atoms with Gasteiger partial charge < -0.3 is 25.4 Å². The van der Waals surface area contributed by atoms with Crippen LogP contribution in [0.4, 0.5) is 10.2 Å². The molecule has 1 aromatic carbocycles. The van der Waals surface area contributed by atoms with Gasteiger partial charge in [-0.3, -0.25) is 14.4 Å². The van der Waals surface area contributed by atoms with E-state index in [-0.39, 0.29) is 48.6 Å². The van der Waals surface area contributed by atoms with Crippen LogP contribution in [0.3, 0.4) is 0 Å². The van der Waals surface area contributed by atoms with Crippen molar-refractivity contribution in [3.05, 3.63) is 59.5 Å². The van der Waals surface area contributed by atoms with Crippen LogP contribution in [0, 0.1) is 17.7 Å². The Morgan fingerprint density at radius 2 is 1.97 bits per heavy atom. The number of carbonyl (C=O) groups excluding carboxylic acids is 2. The Morgan fingerprint density at radius 3 is 2.62 bits per heavy atom. The van der Waals surface area contributed by atoms with E-state index in [1.54, 1.807) is 34.1 Å². The van der Waals surface area contributed by atoms with Crippen molar-refractivity contribution < 1.29 is 28.6 Å². The number of hydrogen-bond donors (Lipinski definition) is 2. The van der Waals surface area contributed by atoms with Crippen LogP contribution in [0.1, 0.15) is 22.1 Å². The van der Waals surface area contributed by atoms with Gasteiger partial charge in [-0.25, -0.2) is 9.37 Å². The maximum atomic E-state index is 13.9. The number of nitrogens with zero attached hydrogens (tertiary/aromatic N) is 3. The minimum atomic E-state index is -0.347. The molecule has 3 atom stereocenters. The topological polar surface area (TPSA) is 126 Å². The Kier molecular flexibility index (Phi) is 7.37. The van der Waals surface area contributed by atoms with Gasteiger partial charge in [0.25, 0.3) is 12.4 Å². The van der Waals surface area contributed by atoms with Crippen LogP contribution >= 0.6 is 0 Å². The molecule has 9 nitrogen and oxygen atoms in total. The van der Waals surface area contributed by atoms with Crippen LogP contribution in [0.25, 0.3) is 0 Å². The van der Waals surface area contributed by atoms with E-state index in [0.717, 1.165) is 5.56 Å². The third kappa shape index (κ3) is 4.86. The van der Waals surface area contributed by atoms with Crippen LogP contribution < -0.4 is 5.73 Å². The first kappa shape index (κ1) is 23.1. The number of carboxylic acid groups (broad SMARTS) is 1. The van der Waals surface area contributed by atoms with Gasteiger partial charge in [0.15, 0.2) is 0 Å². The molecule has 0 unspecified atom stereocenters. The van der Waals surface area contributed by atoms with Gasteiger partial charge in [0.2, 0.25) is 5.91 Å². The minimum absolute atomic E-state index is 0.0163. The minimum Gasteiger partial charge on any atom is -0.483 e. The maximum Gasteiger partial charge on any atom is 0.290 e. The third-order valence-corrected chi connectivity index (χ3v) is 5.72. The van der Waals surface area contributed by atoms with Crippen LogP contribution in [0.15, 0.2) is 42.5 Å². The number of benzene rings is 1. The number of ether oxygens (including phenoxy) is 1. The van der Waals surface area contributed by atoms with Crippen molar-refractivity contribution in [2.24, 2.45) is 11.8 Å². The second-order valence-electron chi connectivity index (χ2n) is 7.67. The highest BCUT2D eigenvalue weighted by Crippen LogP contribution is 2.45. The highest BCUT2D eigenvalue weighted by atomic mass is 19.1. The number of hydrogen-bond acceptors (Lipinski definition) is 6. The van der Waals surface area contributed by atoms with E-state index >= 15 is 0 Å². The van der Waals surface area contributed by atoms with Gasteiger partial charge in [-0.2, -0.15) is 0 Å². The van der Waals surface area contributed by atoms with Gasteiger partial charge in [0.05, 0.1) is 6.04 Å². The number of anilines is 1. The first-order chi connectivity index (χ1) is 15.4. The molecular formula is C22H25FN4O5. The lowest BCUT2D eigenvalue weighted by Gasteiger charge is -2.30. The average molecular weight is 444 g/mol. The molecule has 0 radical (unpaired) electrons. The quantitative estimate of drug-likeness (QED) is 0.683. The zero-order valence-electron chi connectivity index (χ0n) is 17.6. The number of rotatable bonds is 4. The van der Waals surface area contributed by atoms with Crippen molar-refractivity contribution in [1.82, 2.24) is 14.8 Å². The Morgan fingerprint density at radius 1 is 1.25 bits per heavy atom. The lowest BCUT2D eigenvalue weighted by atomic mass is 9.89. The maximum absolute atomic E-state index is 13.9. The summed E-state index contributed by atoms with van der Waals surface area (Å²) >= 11 is 0. The largest absolute Gasteiger partial charge is 0.483 e. The SMILES string of the molecule is COCC(=O)N1C[C@H]2CN(C(=O)c3cccc(N)n3)C[C@H]2[C@@H]1c1cccc(F)c1.O=CO. The molecule has 3 N–H and O–H groups in total. The number of aromatic nitrogens is 1. The molecular weight excluding hydrogens is 419 g/mol. The number of halogens is 1. The molecule has 10 heteroatoms. The summed E-state index contributed by atoms with van der Waals surface area (Å²) in [6.45, 7) is 1.21. The summed E-state index contributed by atoms with van der Waals surface area (Å²) < 4.78 is 18.9. The van der Waals surface area contributed by atoms with Crippen molar-refractivity contribution in [3.8, 4) is 0 Å². The van der Waals surface area contributed by atoms with Crippen LogP contribution in [-0.2, 0) is 14.3 Å². The first-order valence-corrected chi connectivity index (χ1v) is 10.0. The van der Waals surface area contributed by atoms with E-state index < -0.39 is 0 Å². The number of methoxy groups -OCH3 is 1. The molecule has 2 fully saturated rings. The number of pyridine rings is 1. The number of amides is 2. The number of fused-ring (bicyclic) bond motifs is 1. The fourth-order valence-electron chi connectivity index (χ4n) is 4.52. The fraction of sp³-hybridized carbons (Fsp3) is 0.364. The van der Waals surface area contributed by atoms with Gasteiger partial charge in [0.1, 0.15) is 23.9 Å². The molecule has 2 aliphatic heterocycles. The molecule has 0 aliphatic carbocycles. The molecule has 2 saturated heterocycles. The van der Waals surface area contributed by atoms with E-state index in [1.807, 2.05) is 6.07 Å². The van der Waals surface area contributed by atoms with Crippen molar-refractivity contribution in [2.45, 2.75) is 6.04 Å². The molecule has 3 heterocycles. The summed E-state index contributed by atoms with van der Waals surface area (Å²) in [6, 6.07) is 11.0. The molecule has 2 aliphatic rings. The van der Waals surface area contributed by atoms with Gasteiger partial charge in [-0.15, -0.1) is 0 Å². The Bertz CT molecular complexity index is 988. The van der Waals surface area contributed by atoms with E-state index in [0.29, 0.717) is 31.1 Å². The molecule has 4 rings (SSSR count). The third-order valence-electron chi connectivity index (χ3n) is 5.72. The number of likely N-dealkylation sites (tertiary alicyclic amines) is 2. The normalized spacial score (nSPS) is 21.5. The van der Waals surface area contributed by atoms with Crippen molar-refractivity contribution >= 4 is 24.1 Å². The Labute approximate surface area is 184 Å². The lowest BCUT2D eigenvalue weighted by molar-refractivity contribution is -0.136. The van der Waals surface area contributed by atoms with Gasteiger partial charge >= 0.3 is 0 Å². The van der Waals surface area contributed by atoms with Crippen LogP contribution in [0.2, 0.25) is 0 Å². The molecule has 170 valence electrons. The predicted octanol–water partition coefficient (Wildman–Crippen LogP) is 1.42. The summed E-state index contributed by atoms with van der Waals surface area (Å²) in [7, 11) is 1.48. The molecule has 2 aromatic rings. The molecule has 0 bridgehead atoms. The van der Waals surface area contributed by atoms with E-state index in [9.17, 15) is 14.0 Å². The van der Waals surface area contributed by atoms with Crippen LogP contribution in [-0.4, -0.2) is 71.5 Å². The number of nitrogen functional groups attached to an aromatic ring is 1. The fourth-order valence-corrected chi connectivity index (χ4v) is 4.52.